The van der Waals surface area contributed by atoms with Gasteiger partial charge in [0.15, 0.2) is 0 Å². The van der Waals surface area contributed by atoms with Crippen molar-refractivity contribution in [2.24, 2.45) is 5.92 Å². The summed E-state index contributed by atoms with van der Waals surface area (Å²) in [5, 5.41) is 0. The van der Waals surface area contributed by atoms with Gasteiger partial charge in [0.25, 0.3) is 5.91 Å². The highest BCUT2D eigenvalue weighted by Gasteiger charge is 2.24. The van der Waals surface area contributed by atoms with Crippen LogP contribution < -0.4 is 10.2 Å². The number of benzene rings is 1. The Labute approximate surface area is 112 Å². The van der Waals surface area contributed by atoms with Crippen molar-refractivity contribution in [3.63, 3.8) is 0 Å². The van der Waals surface area contributed by atoms with Crippen LogP contribution in [0.15, 0.2) is 29.2 Å². The molecule has 1 aromatic rings. The molecule has 2 rings (SSSR count). The molecule has 104 valence electrons. The number of nitrogens with one attached hydrogen (secondary N) is 2. The molecule has 0 atom stereocenters. The van der Waals surface area contributed by atoms with Gasteiger partial charge >= 0.3 is 0 Å². The highest BCUT2D eigenvalue weighted by Crippen LogP contribution is 2.28. The Morgan fingerprint density at radius 2 is 2.16 bits per heavy atom. The SMILES string of the molecule is CONC(=O)c1cccc(S(=O)(=O)NCC2CC2)c1. The van der Waals surface area contributed by atoms with Crippen molar-refractivity contribution in [3.05, 3.63) is 29.8 Å². The van der Waals surface area contributed by atoms with Gasteiger partial charge in [0.1, 0.15) is 0 Å². The lowest BCUT2D eigenvalue weighted by molar-refractivity contribution is 0.0537. The zero-order valence-corrected chi connectivity index (χ0v) is 11.4. The van der Waals surface area contributed by atoms with E-state index >= 15 is 0 Å². The molecule has 19 heavy (non-hydrogen) atoms. The van der Waals surface area contributed by atoms with Crippen LogP contribution in [0.2, 0.25) is 0 Å². The Balaban J connectivity index is 2.14. The van der Waals surface area contributed by atoms with E-state index in [-0.39, 0.29) is 10.5 Å². The average Bonchev–Trinajstić information content (AvgIpc) is 3.21. The number of carbonyl (C=O) groups is 1. The molecule has 2 N–H and O–H groups in total. The minimum atomic E-state index is -3.56. The van der Waals surface area contributed by atoms with Crippen molar-refractivity contribution in [2.45, 2.75) is 17.7 Å². The summed E-state index contributed by atoms with van der Waals surface area (Å²) in [5.41, 5.74) is 2.38. The van der Waals surface area contributed by atoms with E-state index in [1.807, 2.05) is 0 Å². The molecule has 1 amide bonds. The molecule has 1 fully saturated rings. The number of hydrogen-bond donors (Lipinski definition) is 2. The van der Waals surface area contributed by atoms with Gasteiger partial charge in [-0.15, -0.1) is 0 Å². The Morgan fingerprint density at radius 3 is 2.79 bits per heavy atom. The van der Waals surface area contributed by atoms with Gasteiger partial charge < -0.3 is 0 Å². The normalized spacial score (nSPS) is 15.2. The van der Waals surface area contributed by atoms with Crippen LogP contribution in [0.5, 0.6) is 0 Å². The summed E-state index contributed by atoms with van der Waals surface area (Å²) >= 11 is 0. The zero-order chi connectivity index (χ0) is 13.9. The molecule has 0 saturated heterocycles. The van der Waals surface area contributed by atoms with Gasteiger partial charge in [-0.05, 0) is 37.0 Å². The fourth-order valence-electron chi connectivity index (χ4n) is 1.59. The summed E-state index contributed by atoms with van der Waals surface area (Å²) in [4.78, 5) is 16.1. The highest BCUT2D eigenvalue weighted by atomic mass is 32.2. The summed E-state index contributed by atoms with van der Waals surface area (Å²) in [7, 11) is -2.24. The first-order chi connectivity index (χ1) is 9.03. The number of rotatable bonds is 6. The van der Waals surface area contributed by atoms with Gasteiger partial charge in [-0.25, -0.2) is 18.6 Å². The number of hydrogen-bond acceptors (Lipinski definition) is 4. The van der Waals surface area contributed by atoms with Crippen molar-refractivity contribution >= 4 is 15.9 Å². The van der Waals surface area contributed by atoms with Gasteiger partial charge in [-0.1, -0.05) is 6.07 Å². The highest BCUT2D eigenvalue weighted by molar-refractivity contribution is 7.89. The zero-order valence-electron chi connectivity index (χ0n) is 10.5. The molecular formula is C12H16N2O4S. The van der Waals surface area contributed by atoms with Crippen molar-refractivity contribution in [1.82, 2.24) is 10.2 Å². The van der Waals surface area contributed by atoms with E-state index in [1.165, 1.54) is 31.4 Å². The molecule has 0 heterocycles. The molecule has 0 radical (unpaired) electrons. The monoisotopic (exact) mass is 284 g/mol. The molecule has 0 unspecified atom stereocenters. The average molecular weight is 284 g/mol. The second-order valence-corrected chi connectivity index (χ2v) is 6.23. The Kier molecular flexibility index (Phi) is 4.18. The first-order valence-corrected chi connectivity index (χ1v) is 7.44. The quantitative estimate of drug-likeness (QED) is 0.752. The van der Waals surface area contributed by atoms with E-state index in [9.17, 15) is 13.2 Å². The Morgan fingerprint density at radius 1 is 1.42 bits per heavy atom. The van der Waals surface area contributed by atoms with Crippen molar-refractivity contribution in [3.8, 4) is 0 Å². The van der Waals surface area contributed by atoms with Crippen LogP contribution in [0.3, 0.4) is 0 Å². The van der Waals surface area contributed by atoms with Crippen LogP contribution in [0.1, 0.15) is 23.2 Å². The van der Waals surface area contributed by atoms with E-state index < -0.39 is 15.9 Å². The third-order valence-electron chi connectivity index (χ3n) is 2.86. The first kappa shape index (κ1) is 14.0. The van der Waals surface area contributed by atoms with E-state index in [1.54, 1.807) is 0 Å². The summed E-state index contributed by atoms with van der Waals surface area (Å²) in [6, 6.07) is 5.83. The number of amides is 1. The predicted molar refractivity (Wildman–Crippen MR) is 68.8 cm³/mol. The standard InChI is InChI=1S/C12H16N2O4S/c1-18-14-12(15)10-3-2-4-11(7-10)19(16,17)13-8-9-5-6-9/h2-4,7,9,13H,5-6,8H2,1H3,(H,14,15). The lowest BCUT2D eigenvalue weighted by Crippen LogP contribution is -2.26. The smallest absolute Gasteiger partial charge is 0.274 e. The maximum Gasteiger partial charge on any atom is 0.274 e. The Bertz CT molecular complexity index is 567. The summed E-state index contributed by atoms with van der Waals surface area (Å²) < 4.78 is 26.6. The minimum absolute atomic E-state index is 0.0805. The minimum Gasteiger partial charge on any atom is -0.277 e. The molecule has 0 aliphatic heterocycles. The number of carbonyl (C=O) groups excluding carboxylic acids is 1. The maximum absolute atomic E-state index is 12.0. The predicted octanol–water partition coefficient (Wildman–Crippen LogP) is 0.666. The van der Waals surface area contributed by atoms with Crippen LogP contribution in [0.25, 0.3) is 0 Å². The van der Waals surface area contributed by atoms with E-state index in [2.05, 4.69) is 15.0 Å². The summed E-state index contributed by atoms with van der Waals surface area (Å²) in [5.74, 6) is -0.0310. The molecule has 7 heteroatoms. The second-order valence-electron chi connectivity index (χ2n) is 4.46. The van der Waals surface area contributed by atoms with Gasteiger partial charge in [-0.3, -0.25) is 9.63 Å². The van der Waals surface area contributed by atoms with E-state index in [4.69, 9.17) is 0 Å². The van der Waals surface area contributed by atoms with Crippen LogP contribution >= 0.6 is 0 Å². The van der Waals surface area contributed by atoms with Gasteiger partial charge in [0, 0.05) is 12.1 Å². The largest absolute Gasteiger partial charge is 0.277 e. The van der Waals surface area contributed by atoms with Crippen LogP contribution in [-0.2, 0) is 14.9 Å². The van der Waals surface area contributed by atoms with Crippen molar-refractivity contribution < 1.29 is 18.0 Å². The number of sulfonamides is 1. The van der Waals surface area contributed by atoms with Crippen LogP contribution in [-0.4, -0.2) is 28.0 Å². The van der Waals surface area contributed by atoms with Crippen LogP contribution in [0.4, 0.5) is 0 Å². The van der Waals surface area contributed by atoms with Crippen molar-refractivity contribution in [2.75, 3.05) is 13.7 Å². The molecule has 1 aliphatic carbocycles. The fourth-order valence-corrected chi connectivity index (χ4v) is 2.75. The molecule has 6 nitrogen and oxygen atoms in total. The topological polar surface area (TPSA) is 84.5 Å². The van der Waals surface area contributed by atoms with Gasteiger partial charge in [0.05, 0.1) is 12.0 Å². The molecule has 1 saturated carbocycles. The van der Waals surface area contributed by atoms with Gasteiger partial charge in [-0.2, -0.15) is 0 Å². The number of hydroxylamine groups is 1. The molecule has 1 aliphatic rings. The molecule has 0 spiro atoms. The molecule has 1 aromatic carbocycles. The lowest BCUT2D eigenvalue weighted by atomic mass is 10.2. The molecule has 0 bridgehead atoms. The first-order valence-electron chi connectivity index (χ1n) is 5.96. The third-order valence-corrected chi connectivity index (χ3v) is 4.28. The second kappa shape index (κ2) is 5.68. The van der Waals surface area contributed by atoms with Crippen molar-refractivity contribution in [1.29, 1.82) is 0 Å². The summed E-state index contributed by atoms with van der Waals surface area (Å²) in [6.07, 6.45) is 2.14. The third kappa shape index (κ3) is 3.76. The lowest BCUT2D eigenvalue weighted by Gasteiger charge is -2.07. The fraction of sp³-hybridized carbons (Fsp3) is 0.417. The van der Waals surface area contributed by atoms with Crippen LogP contribution in [0, 0.1) is 5.92 Å². The molecular weight excluding hydrogens is 268 g/mol. The Hall–Kier alpha value is -1.44. The van der Waals surface area contributed by atoms with E-state index in [0.29, 0.717) is 12.5 Å². The summed E-state index contributed by atoms with van der Waals surface area (Å²) in [6.45, 7) is 0.455. The van der Waals surface area contributed by atoms with Gasteiger partial charge in [0.2, 0.25) is 10.0 Å². The maximum atomic E-state index is 12.0. The van der Waals surface area contributed by atoms with E-state index in [0.717, 1.165) is 12.8 Å². The molecule has 0 aromatic heterocycles.